The van der Waals surface area contributed by atoms with Gasteiger partial charge in [-0.3, -0.25) is 9.32 Å². The zero-order valence-corrected chi connectivity index (χ0v) is 21.1. The van der Waals surface area contributed by atoms with Crippen LogP contribution in [0.15, 0.2) is 35.3 Å². The van der Waals surface area contributed by atoms with Gasteiger partial charge in [-0.2, -0.15) is 10.1 Å². The Labute approximate surface area is 209 Å². The van der Waals surface area contributed by atoms with Gasteiger partial charge in [-0.1, -0.05) is 18.2 Å². The Balaban J connectivity index is 1.76. The molecule has 0 aromatic heterocycles. The summed E-state index contributed by atoms with van der Waals surface area (Å²) >= 11 is 0. The lowest BCUT2D eigenvalue weighted by molar-refractivity contribution is -0.149. The van der Waals surface area contributed by atoms with Crippen molar-refractivity contribution < 1.29 is 44.3 Å². The van der Waals surface area contributed by atoms with Crippen LogP contribution in [-0.4, -0.2) is 82.4 Å². The van der Waals surface area contributed by atoms with Crippen molar-refractivity contribution in [2.45, 2.75) is 63.9 Å². The summed E-state index contributed by atoms with van der Waals surface area (Å²) < 4.78 is 43.3. The van der Waals surface area contributed by atoms with Crippen molar-refractivity contribution in [3.05, 3.63) is 30.3 Å². The SMILES string of the molecule is [2H]C1NN([C@@H]2O[C@H](CO[P@@](=O)(N[C@@H](C)C(=O)OC(C)C)Oc3ccccc3)[C@@H](O)[C@@]2(C)O)C(=O)N=C1N. The molecule has 36 heavy (non-hydrogen) atoms. The second-order valence-corrected chi connectivity index (χ2v) is 10.4. The van der Waals surface area contributed by atoms with Crippen LogP contribution >= 0.6 is 7.75 Å². The average Bonchev–Trinajstić information content (AvgIpc) is 3.03. The molecule has 1 aromatic carbocycles. The number of carbonyl (C=O) groups excluding carboxylic acids is 2. The number of rotatable bonds is 10. The van der Waals surface area contributed by atoms with E-state index in [1.165, 1.54) is 26.0 Å². The number of amides is 2. The number of carbonyl (C=O) groups is 2. The fourth-order valence-corrected chi connectivity index (χ4v) is 4.92. The molecule has 7 atom stereocenters. The number of para-hydroxylation sites is 1. The predicted molar refractivity (Wildman–Crippen MR) is 127 cm³/mol. The number of nitrogens with two attached hydrogens (primary N) is 1. The topological polar surface area (TPSA) is 194 Å². The van der Waals surface area contributed by atoms with Crippen LogP contribution in [0, 0.1) is 0 Å². The molecule has 1 saturated heterocycles. The van der Waals surface area contributed by atoms with Gasteiger partial charge in [0.25, 0.3) is 0 Å². The molecule has 2 aliphatic heterocycles. The summed E-state index contributed by atoms with van der Waals surface area (Å²) in [4.78, 5) is 28.1. The maximum Gasteiger partial charge on any atom is 0.459 e. The molecule has 1 aromatic rings. The van der Waals surface area contributed by atoms with E-state index in [9.17, 15) is 24.4 Å². The van der Waals surface area contributed by atoms with Gasteiger partial charge >= 0.3 is 19.7 Å². The van der Waals surface area contributed by atoms with Gasteiger partial charge in [-0.15, -0.1) is 0 Å². The minimum Gasteiger partial charge on any atom is -0.462 e. The monoisotopic (exact) mass is 530 g/mol. The van der Waals surface area contributed by atoms with E-state index in [0.717, 1.165) is 5.01 Å². The van der Waals surface area contributed by atoms with Crippen LogP contribution in [0.3, 0.4) is 0 Å². The first-order valence-electron chi connectivity index (χ1n) is 11.7. The Morgan fingerprint density at radius 1 is 1.44 bits per heavy atom. The number of nitrogens with one attached hydrogen (secondary N) is 2. The first-order valence-corrected chi connectivity index (χ1v) is 12.7. The molecule has 3 rings (SSSR count). The van der Waals surface area contributed by atoms with Crippen LogP contribution in [0.4, 0.5) is 4.79 Å². The standard InChI is InChI=1S/C21H32N5O9P/c1-12(2)33-18(28)13(3)25-36(31,35-14-8-6-5-7-9-14)32-11-15-17(27)21(4,30)19(34-15)26-20(29)24-16(22)10-23-26/h5-9,12-13,15,17,19,23,27,30H,10-11H2,1-4H3,(H,25,31)(H2,22,24,29)/t13-,15+,17+,19+,21+,36-/m0/s1/i10D/t10?,13-,15+,17+,19+,21+,36-. The molecular weight excluding hydrogens is 497 g/mol. The molecule has 2 heterocycles. The molecular formula is C21H32N5O9P. The number of amidine groups is 1. The molecule has 0 bridgehead atoms. The molecule has 0 spiro atoms. The summed E-state index contributed by atoms with van der Waals surface area (Å²) in [6.07, 6.45) is -4.86. The number of urea groups is 1. The highest BCUT2D eigenvalue weighted by molar-refractivity contribution is 7.52. The van der Waals surface area contributed by atoms with Crippen molar-refractivity contribution >= 4 is 25.6 Å². The average molecular weight is 530 g/mol. The Morgan fingerprint density at radius 3 is 2.75 bits per heavy atom. The van der Waals surface area contributed by atoms with Crippen molar-refractivity contribution in [2.75, 3.05) is 13.1 Å². The van der Waals surface area contributed by atoms with Gasteiger partial charge in [0.2, 0.25) is 0 Å². The van der Waals surface area contributed by atoms with Crippen molar-refractivity contribution in [3.8, 4) is 5.75 Å². The van der Waals surface area contributed by atoms with Gasteiger partial charge in [-0.25, -0.2) is 19.8 Å². The predicted octanol–water partition coefficient (Wildman–Crippen LogP) is 0.254. The molecule has 2 amide bonds. The Kier molecular flexibility index (Phi) is 8.25. The van der Waals surface area contributed by atoms with Crippen molar-refractivity contribution in [1.29, 1.82) is 0 Å². The largest absolute Gasteiger partial charge is 0.462 e. The second-order valence-electron chi connectivity index (χ2n) is 8.69. The Morgan fingerprint density at radius 2 is 2.11 bits per heavy atom. The molecule has 14 nitrogen and oxygen atoms in total. The summed E-state index contributed by atoms with van der Waals surface area (Å²) in [5.74, 6) is -0.815. The number of benzene rings is 1. The number of nitrogens with zero attached hydrogens (tertiary/aromatic N) is 2. The molecule has 0 aliphatic carbocycles. The lowest BCUT2D eigenvalue weighted by Gasteiger charge is -2.36. The van der Waals surface area contributed by atoms with Gasteiger partial charge in [0.05, 0.1) is 20.6 Å². The smallest absolute Gasteiger partial charge is 0.459 e. The number of aliphatic hydroxyl groups excluding tert-OH is 1. The number of hydrogen-bond acceptors (Lipinski definition) is 11. The normalized spacial score (nSPS) is 31.4. The number of ether oxygens (including phenoxy) is 2. The highest BCUT2D eigenvalue weighted by atomic mass is 31.2. The fourth-order valence-electron chi connectivity index (χ4n) is 3.41. The van der Waals surface area contributed by atoms with Crippen molar-refractivity contribution in [2.24, 2.45) is 10.7 Å². The summed E-state index contributed by atoms with van der Waals surface area (Å²) in [6.45, 7) is 4.06. The van der Waals surface area contributed by atoms with E-state index >= 15 is 0 Å². The van der Waals surface area contributed by atoms with E-state index < -0.39 is 69.1 Å². The highest BCUT2D eigenvalue weighted by Crippen LogP contribution is 2.46. The van der Waals surface area contributed by atoms with E-state index in [-0.39, 0.29) is 11.6 Å². The molecule has 1 fully saturated rings. The number of aliphatic imine (C=N–C) groups is 1. The third-order valence-corrected chi connectivity index (χ3v) is 6.85. The third kappa shape index (κ3) is 6.59. The van der Waals surface area contributed by atoms with Crippen LogP contribution < -0.4 is 20.8 Å². The van der Waals surface area contributed by atoms with Crippen LogP contribution in [0.25, 0.3) is 0 Å². The number of aliphatic hydroxyl groups is 2. The molecule has 0 radical (unpaired) electrons. The fraction of sp³-hybridized carbons (Fsp3) is 0.571. The Bertz CT molecular complexity index is 1060. The van der Waals surface area contributed by atoms with Gasteiger partial charge in [0.15, 0.2) is 6.23 Å². The van der Waals surface area contributed by atoms with E-state index in [4.69, 9.17) is 25.6 Å². The van der Waals surface area contributed by atoms with Crippen LogP contribution in [0.5, 0.6) is 5.75 Å². The molecule has 1 unspecified atom stereocenters. The van der Waals surface area contributed by atoms with Gasteiger partial charge < -0.3 is 29.9 Å². The number of esters is 1. The van der Waals surface area contributed by atoms with Gasteiger partial charge in [-0.05, 0) is 39.8 Å². The number of hydrogen-bond donors (Lipinski definition) is 5. The third-order valence-electron chi connectivity index (χ3n) is 5.21. The zero-order chi connectivity index (χ0) is 27.5. The first-order chi connectivity index (χ1) is 17.2. The van der Waals surface area contributed by atoms with E-state index in [2.05, 4.69) is 15.5 Å². The van der Waals surface area contributed by atoms with Gasteiger partial charge in [0.1, 0.15) is 35.4 Å². The minimum absolute atomic E-state index is 0.167. The van der Waals surface area contributed by atoms with E-state index in [0.29, 0.717) is 0 Å². The van der Waals surface area contributed by atoms with Gasteiger partial charge in [0, 0.05) is 0 Å². The van der Waals surface area contributed by atoms with E-state index in [1.807, 2.05) is 0 Å². The minimum atomic E-state index is -4.29. The van der Waals surface area contributed by atoms with Crippen LogP contribution in [0.1, 0.15) is 29.1 Å². The van der Waals surface area contributed by atoms with Crippen molar-refractivity contribution in [1.82, 2.24) is 15.5 Å². The van der Waals surface area contributed by atoms with Crippen LogP contribution in [-0.2, 0) is 23.4 Å². The molecule has 6 N–H and O–H groups in total. The maximum absolute atomic E-state index is 13.6. The molecule has 15 heteroatoms. The lowest BCUT2D eigenvalue weighted by Crippen LogP contribution is -2.61. The molecule has 2 aliphatic rings. The first kappa shape index (κ1) is 26.5. The summed E-state index contributed by atoms with van der Waals surface area (Å²) in [6, 6.07) is 5.99. The number of hydrazine groups is 1. The Hall–Kier alpha value is -2.58. The summed E-state index contributed by atoms with van der Waals surface area (Å²) in [5, 5.41) is 24.9. The van der Waals surface area contributed by atoms with Crippen LogP contribution in [0.2, 0.25) is 0 Å². The quantitative estimate of drug-likeness (QED) is 0.205. The molecule has 200 valence electrons. The second kappa shape index (κ2) is 11.2. The highest BCUT2D eigenvalue weighted by Gasteiger charge is 2.56. The summed E-state index contributed by atoms with van der Waals surface area (Å²) in [5.41, 5.74) is 5.87. The zero-order valence-electron chi connectivity index (χ0n) is 21.2. The molecule has 0 saturated carbocycles. The van der Waals surface area contributed by atoms with Crippen molar-refractivity contribution in [3.63, 3.8) is 0 Å². The summed E-state index contributed by atoms with van der Waals surface area (Å²) in [7, 11) is -4.29. The van der Waals surface area contributed by atoms with E-state index in [1.54, 1.807) is 32.0 Å². The maximum atomic E-state index is 13.6. The lowest BCUT2D eigenvalue weighted by atomic mass is 9.96.